The highest BCUT2D eigenvalue weighted by Crippen LogP contribution is 2.04. The van der Waals surface area contributed by atoms with Gasteiger partial charge in [0.25, 0.3) is 0 Å². The molecule has 0 aromatic carbocycles. The van der Waals surface area contributed by atoms with Crippen molar-refractivity contribution in [2.45, 2.75) is 32.9 Å². The fraction of sp³-hybridized carbons (Fsp3) is 0.500. The summed E-state index contributed by atoms with van der Waals surface area (Å²) in [5, 5.41) is 18.5. The average Bonchev–Trinajstić information content (AvgIpc) is 3.08. The van der Waals surface area contributed by atoms with Gasteiger partial charge in [-0.2, -0.15) is 0 Å². The van der Waals surface area contributed by atoms with Crippen LogP contribution in [0, 0.1) is 5.92 Å². The van der Waals surface area contributed by atoms with Gasteiger partial charge in [-0.3, -0.25) is 9.59 Å². The van der Waals surface area contributed by atoms with Crippen molar-refractivity contribution in [1.82, 2.24) is 21.3 Å². The zero-order valence-corrected chi connectivity index (χ0v) is 14.7. The largest absolute Gasteiger partial charge is 0.480 e. The second-order valence-corrected chi connectivity index (χ2v) is 5.98. The molecule has 1 rings (SSSR count). The Hall–Kier alpha value is -3.04. The molecule has 0 unspecified atom stereocenters. The molecule has 0 spiro atoms. The van der Waals surface area contributed by atoms with Gasteiger partial charge in [0.05, 0.1) is 25.9 Å². The van der Waals surface area contributed by atoms with E-state index in [1.54, 1.807) is 12.1 Å². The summed E-state index contributed by atoms with van der Waals surface area (Å²) in [7, 11) is 0. The van der Waals surface area contributed by atoms with Crippen molar-refractivity contribution in [3.63, 3.8) is 0 Å². The van der Waals surface area contributed by atoms with Crippen LogP contribution in [0.5, 0.6) is 0 Å². The standard InChI is InChI=1S/C16H24N4O6/c1-10(2)6-12(15(23)24)20-14(22)9-17-13(21)8-19-16(25)18-7-11-4-3-5-26-11/h3-5,10,12H,6-9H2,1-2H3,(H,17,21)(H,20,22)(H,23,24)(H2,18,19,25)/t12-/m0/s1. The van der Waals surface area contributed by atoms with Gasteiger partial charge < -0.3 is 30.8 Å². The van der Waals surface area contributed by atoms with Crippen molar-refractivity contribution in [3.05, 3.63) is 24.2 Å². The van der Waals surface area contributed by atoms with Gasteiger partial charge in [-0.25, -0.2) is 9.59 Å². The Morgan fingerprint density at radius 3 is 2.35 bits per heavy atom. The van der Waals surface area contributed by atoms with Gasteiger partial charge >= 0.3 is 12.0 Å². The number of nitrogens with one attached hydrogen (secondary N) is 4. The quantitative estimate of drug-likeness (QED) is 0.386. The third-order valence-corrected chi connectivity index (χ3v) is 3.20. The molecular formula is C16H24N4O6. The normalized spacial score (nSPS) is 11.5. The lowest BCUT2D eigenvalue weighted by molar-refractivity contribution is -0.142. The predicted octanol–water partition coefficient (Wildman–Crippen LogP) is -0.189. The molecule has 0 aliphatic carbocycles. The first kappa shape index (κ1) is 21.0. The number of carbonyl (C=O) groups excluding carboxylic acids is 3. The monoisotopic (exact) mass is 368 g/mol. The highest BCUT2D eigenvalue weighted by Gasteiger charge is 2.21. The molecule has 0 saturated carbocycles. The molecule has 0 radical (unpaired) electrons. The molecule has 144 valence electrons. The number of furan rings is 1. The maximum Gasteiger partial charge on any atom is 0.326 e. The molecule has 4 amide bonds. The van der Waals surface area contributed by atoms with Crippen molar-refractivity contribution in [2.75, 3.05) is 13.1 Å². The zero-order valence-electron chi connectivity index (χ0n) is 14.7. The van der Waals surface area contributed by atoms with E-state index in [9.17, 15) is 19.2 Å². The molecule has 26 heavy (non-hydrogen) atoms. The Bertz CT molecular complexity index is 614. The summed E-state index contributed by atoms with van der Waals surface area (Å²) in [6, 6.07) is 1.80. The number of urea groups is 1. The number of amides is 4. The van der Waals surface area contributed by atoms with Crippen LogP contribution in [0.4, 0.5) is 4.79 Å². The summed E-state index contributed by atoms with van der Waals surface area (Å²) in [5.74, 6) is -1.67. The molecule has 0 saturated heterocycles. The molecule has 1 aromatic heterocycles. The third-order valence-electron chi connectivity index (χ3n) is 3.20. The highest BCUT2D eigenvalue weighted by atomic mass is 16.4. The van der Waals surface area contributed by atoms with Crippen LogP contribution in [0.25, 0.3) is 0 Å². The van der Waals surface area contributed by atoms with Gasteiger partial charge in [0, 0.05) is 0 Å². The highest BCUT2D eigenvalue weighted by molar-refractivity contribution is 5.89. The second kappa shape index (κ2) is 10.7. The fourth-order valence-corrected chi connectivity index (χ4v) is 1.98. The lowest BCUT2D eigenvalue weighted by Gasteiger charge is -2.16. The lowest BCUT2D eigenvalue weighted by Crippen LogP contribution is -2.48. The van der Waals surface area contributed by atoms with Gasteiger partial charge in [-0.05, 0) is 24.5 Å². The van der Waals surface area contributed by atoms with Gasteiger partial charge in [0.15, 0.2) is 0 Å². The van der Waals surface area contributed by atoms with E-state index in [2.05, 4.69) is 21.3 Å². The first-order valence-corrected chi connectivity index (χ1v) is 8.11. The maximum absolute atomic E-state index is 11.7. The number of hydrogen-bond donors (Lipinski definition) is 5. The van der Waals surface area contributed by atoms with Crippen LogP contribution in [0.15, 0.2) is 22.8 Å². The number of carboxylic acid groups (broad SMARTS) is 1. The second-order valence-electron chi connectivity index (χ2n) is 5.98. The average molecular weight is 368 g/mol. The van der Waals surface area contributed by atoms with E-state index in [0.717, 1.165) is 0 Å². The van der Waals surface area contributed by atoms with Gasteiger partial charge in [0.2, 0.25) is 11.8 Å². The number of aliphatic carboxylic acids is 1. The fourth-order valence-electron chi connectivity index (χ4n) is 1.98. The van der Waals surface area contributed by atoms with Crippen molar-refractivity contribution in [1.29, 1.82) is 0 Å². The van der Waals surface area contributed by atoms with Crippen LogP contribution in [0.2, 0.25) is 0 Å². The smallest absolute Gasteiger partial charge is 0.326 e. The van der Waals surface area contributed by atoms with Crippen molar-refractivity contribution in [3.8, 4) is 0 Å². The Morgan fingerprint density at radius 1 is 1.08 bits per heavy atom. The van der Waals surface area contributed by atoms with Crippen LogP contribution in [0.3, 0.4) is 0 Å². The molecule has 0 aliphatic rings. The number of carboxylic acids is 1. The summed E-state index contributed by atoms with van der Waals surface area (Å²) < 4.78 is 5.04. The molecule has 1 aromatic rings. The predicted molar refractivity (Wildman–Crippen MR) is 91.0 cm³/mol. The molecule has 10 nitrogen and oxygen atoms in total. The minimum absolute atomic E-state index is 0.0925. The van der Waals surface area contributed by atoms with Crippen LogP contribution in [-0.2, 0) is 20.9 Å². The Kier molecular flexibility index (Phi) is 8.68. The zero-order chi connectivity index (χ0) is 19.5. The first-order valence-electron chi connectivity index (χ1n) is 8.11. The number of carbonyl (C=O) groups is 4. The van der Waals surface area contributed by atoms with E-state index >= 15 is 0 Å². The van der Waals surface area contributed by atoms with E-state index in [4.69, 9.17) is 9.52 Å². The van der Waals surface area contributed by atoms with Gasteiger partial charge in [-0.1, -0.05) is 13.8 Å². The van der Waals surface area contributed by atoms with E-state index in [0.29, 0.717) is 5.76 Å². The van der Waals surface area contributed by atoms with Gasteiger partial charge in [-0.15, -0.1) is 0 Å². The molecular weight excluding hydrogens is 344 g/mol. The van der Waals surface area contributed by atoms with Crippen LogP contribution < -0.4 is 21.3 Å². The molecule has 0 aliphatic heterocycles. The Morgan fingerprint density at radius 2 is 1.77 bits per heavy atom. The lowest BCUT2D eigenvalue weighted by atomic mass is 10.0. The number of rotatable bonds is 10. The van der Waals surface area contributed by atoms with E-state index < -0.39 is 29.9 Å². The third kappa shape index (κ3) is 8.71. The SMILES string of the molecule is CC(C)C[C@H](NC(=O)CNC(=O)CNC(=O)NCc1ccco1)C(=O)O. The topological polar surface area (TPSA) is 150 Å². The number of hydrogen-bond acceptors (Lipinski definition) is 5. The summed E-state index contributed by atoms with van der Waals surface area (Å²) in [6.07, 6.45) is 1.76. The van der Waals surface area contributed by atoms with Gasteiger partial charge in [0.1, 0.15) is 11.8 Å². The van der Waals surface area contributed by atoms with E-state index in [1.807, 2.05) is 13.8 Å². The summed E-state index contributed by atoms with van der Waals surface area (Å²) >= 11 is 0. The van der Waals surface area contributed by atoms with Crippen molar-refractivity contribution >= 4 is 23.8 Å². The minimum atomic E-state index is -1.13. The molecule has 0 fully saturated rings. The Balaban J connectivity index is 2.22. The van der Waals surface area contributed by atoms with Crippen LogP contribution in [-0.4, -0.2) is 48.1 Å². The molecule has 1 atom stereocenters. The van der Waals surface area contributed by atoms with Crippen LogP contribution >= 0.6 is 0 Å². The minimum Gasteiger partial charge on any atom is -0.480 e. The summed E-state index contributed by atoms with van der Waals surface area (Å²) in [6.45, 7) is 3.15. The molecule has 5 N–H and O–H groups in total. The maximum atomic E-state index is 11.7. The van der Waals surface area contributed by atoms with Crippen molar-refractivity contribution in [2.24, 2.45) is 5.92 Å². The Labute approximate surface area is 150 Å². The molecule has 10 heteroatoms. The van der Waals surface area contributed by atoms with E-state index in [-0.39, 0.29) is 32.0 Å². The molecule has 1 heterocycles. The van der Waals surface area contributed by atoms with Crippen molar-refractivity contribution < 1.29 is 28.7 Å². The summed E-state index contributed by atoms with van der Waals surface area (Å²) in [4.78, 5) is 45.9. The first-order chi connectivity index (χ1) is 12.3. The van der Waals surface area contributed by atoms with E-state index in [1.165, 1.54) is 6.26 Å². The summed E-state index contributed by atoms with van der Waals surface area (Å²) in [5.41, 5.74) is 0. The van der Waals surface area contributed by atoms with Crippen LogP contribution in [0.1, 0.15) is 26.0 Å². The molecule has 0 bridgehead atoms.